The Balaban J connectivity index is 2.20. The summed E-state index contributed by atoms with van der Waals surface area (Å²) in [6, 6.07) is 13.5. The van der Waals surface area contributed by atoms with E-state index in [0.717, 1.165) is 5.56 Å². The molecule has 2 aromatic carbocycles. The van der Waals surface area contributed by atoms with Gasteiger partial charge in [0.25, 0.3) is 5.91 Å². The smallest absolute Gasteiger partial charge is 0.253 e. The maximum absolute atomic E-state index is 13.4. The Labute approximate surface area is 130 Å². The Morgan fingerprint density at radius 3 is 2.55 bits per heavy atom. The van der Waals surface area contributed by atoms with Crippen LogP contribution in [-0.2, 0) is 0 Å². The van der Waals surface area contributed by atoms with Gasteiger partial charge < -0.3 is 5.32 Å². The number of benzene rings is 2. The fourth-order valence-electron chi connectivity index (χ4n) is 1.81. The molecule has 0 aliphatic heterocycles. The topological polar surface area (TPSA) is 29.1 Å². The molecule has 0 saturated heterocycles. The zero-order chi connectivity index (χ0) is 14.5. The zero-order valence-corrected chi connectivity index (χ0v) is 12.8. The number of alkyl halides is 1. The number of hydrogen-bond acceptors (Lipinski definition) is 1. The van der Waals surface area contributed by atoms with Gasteiger partial charge in [0, 0.05) is 5.33 Å². The Kier molecular flexibility index (Phi) is 5.15. The van der Waals surface area contributed by atoms with Crippen molar-refractivity contribution in [2.45, 2.75) is 6.04 Å². The van der Waals surface area contributed by atoms with E-state index in [0.29, 0.717) is 5.33 Å². The first kappa shape index (κ1) is 15.0. The molecule has 0 aliphatic carbocycles. The summed E-state index contributed by atoms with van der Waals surface area (Å²) in [6.45, 7) is 0. The second-order valence-electron chi connectivity index (χ2n) is 4.19. The third-order valence-electron chi connectivity index (χ3n) is 2.86. The lowest BCUT2D eigenvalue weighted by Crippen LogP contribution is -2.29. The van der Waals surface area contributed by atoms with Crippen LogP contribution in [0.3, 0.4) is 0 Å². The molecule has 0 aliphatic rings. The molecule has 104 valence electrons. The molecule has 20 heavy (non-hydrogen) atoms. The van der Waals surface area contributed by atoms with Crippen molar-refractivity contribution < 1.29 is 9.18 Å². The molecule has 1 atom stereocenters. The number of carbonyl (C=O) groups is 1. The predicted octanol–water partition coefficient (Wildman–Crippen LogP) is 4.35. The molecule has 2 rings (SSSR count). The third-order valence-corrected chi connectivity index (χ3v) is 3.89. The largest absolute Gasteiger partial charge is 0.344 e. The average Bonchev–Trinajstić information content (AvgIpc) is 2.48. The molecule has 0 saturated carbocycles. The number of hydrogen-bond donors (Lipinski definition) is 1. The van der Waals surface area contributed by atoms with E-state index >= 15 is 0 Å². The minimum atomic E-state index is -0.602. The molecule has 0 aromatic heterocycles. The van der Waals surface area contributed by atoms with Crippen LogP contribution in [0.15, 0.2) is 48.5 Å². The maximum Gasteiger partial charge on any atom is 0.253 e. The Bertz CT molecular complexity index is 606. The van der Waals surface area contributed by atoms with Crippen molar-refractivity contribution in [3.05, 3.63) is 70.5 Å². The van der Waals surface area contributed by atoms with Crippen LogP contribution in [0.1, 0.15) is 22.0 Å². The van der Waals surface area contributed by atoms with Crippen LogP contribution in [0.2, 0.25) is 5.02 Å². The third kappa shape index (κ3) is 3.38. The van der Waals surface area contributed by atoms with Crippen LogP contribution in [0.25, 0.3) is 0 Å². The fourth-order valence-corrected chi connectivity index (χ4v) is 2.56. The second kappa shape index (κ2) is 6.86. The van der Waals surface area contributed by atoms with Crippen LogP contribution in [0.4, 0.5) is 4.39 Å². The van der Waals surface area contributed by atoms with Crippen LogP contribution < -0.4 is 5.32 Å². The molecule has 5 heteroatoms. The van der Waals surface area contributed by atoms with Crippen molar-refractivity contribution in [3.63, 3.8) is 0 Å². The highest BCUT2D eigenvalue weighted by Gasteiger charge is 2.18. The molecule has 0 spiro atoms. The SMILES string of the molecule is O=C(NC(CBr)c1ccccc1)c1cccc(F)c1Cl. The molecule has 2 nitrogen and oxygen atoms in total. The molecule has 0 fully saturated rings. The summed E-state index contributed by atoms with van der Waals surface area (Å²) in [5, 5.41) is 3.22. The lowest BCUT2D eigenvalue weighted by atomic mass is 10.1. The first-order valence-electron chi connectivity index (χ1n) is 5.99. The van der Waals surface area contributed by atoms with Crippen molar-refractivity contribution in [3.8, 4) is 0 Å². The molecule has 0 heterocycles. The molecular weight excluding hydrogens is 345 g/mol. The van der Waals surface area contributed by atoms with Gasteiger partial charge in [0.15, 0.2) is 0 Å². The maximum atomic E-state index is 13.4. The van der Waals surface area contributed by atoms with E-state index in [1.54, 1.807) is 0 Å². The second-order valence-corrected chi connectivity index (χ2v) is 5.22. The highest BCUT2D eigenvalue weighted by molar-refractivity contribution is 9.09. The average molecular weight is 357 g/mol. The standard InChI is InChI=1S/C15H12BrClFNO/c16-9-13(10-5-2-1-3-6-10)19-15(20)11-7-4-8-12(18)14(11)17/h1-8,13H,9H2,(H,19,20). The van der Waals surface area contributed by atoms with E-state index in [-0.39, 0.29) is 16.6 Å². The lowest BCUT2D eigenvalue weighted by Gasteiger charge is -2.17. The summed E-state index contributed by atoms with van der Waals surface area (Å²) in [7, 11) is 0. The van der Waals surface area contributed by atoms with Gasteiger partial charge in [-0.3, -0.25) is 4.79 Å². The van der Waals surface area contributed by atoms with E-state index in [9.17, 15) is 9.18 Å². The first-order chi connectivity index (χ1) is 9.63. The van der Waals surface area contributed by atoms with Gasteiger partial charge in [0.05, 0.1) is 16.6 Å². The summed E-state index contributed by atoms with van der Waals surface area (Å²) in [4.78, 5) is 12.2. The Morgan fingerprint density at radius 1 is 1.20 bits per heavy atom. The van der Waals surface area contributed by atoms with Crippen molar-refractivity contribution in [2.75, 3.05) is 5.33 Å². The van der Waals surface area contributed by atoms with Crippen molar-refractivity contribution in [1.82, 2.24) is 5.32 Å². The summed E-state index contributed by atoms with van der Waals surface area (Å²) in [6.07, 6.45) is 0. The van der Waals surface area contributed by atoms with Crippen molar-refractivity contribution in [2.24, 2.45) is 0 Å². The minimum Gasteiger partial charge on any atom is -0.344 e. The molecule has 1 amide bonds. The van der Waals surface area contributed by atoms with Gasteiger partial charge in [0.1, 0.15) is 5.82 Å². The first-order valence-corrected chi connectivity index (χ1v) is 7.49. The molecule has 1 N–H and O–H groups in total. The van der Waals surface area contributed by atoms with E-state index in [1.165, 1.54) is 18.2 Å². The Morgan fingerprint density at radius 2 is 1.90 bits per heavy atom. The molecule has 2 aromatic rings. The lowest BCUT2D eigenvalue weighted by molar-refractivity contribution is 0.0940. The molecule has 1 unspecified atom stereocenters. The van der Waals surface area contributed by atoms with Gasteiger partial charge in [-0.1, -0.05) is 63.9 Å². The van der Waals surface area contributed by atoms with Gasteiger partial charge in [-0.15, -0.1) is 0 Å². The van der Waals surface area contributed by atoms with E-state index < -0.39 is 11.7 Å². The quantitative estimate of drug-likeness (QED) is 0.811. The summed E-state index contributed by atoms with van der Waals surface area (Å²) >= 11 is 9.18. The van der Waals surface area contributed by atoms with Gasteiger partial charge in [-0.05, 0) is 17.7 Å². The molecular formula is C15H12BrClFNO. The fraction of sp³-hybridized carbons (Fsp3) is 0.133. The summed E-state index contributed by atoms with van der Waals surface area (Å²) in [5.41, 5.74) is 1.10. The highest BCUT2D eigenvalue weighted by atomic mass is 79.9. The van der Waals surface area contributed by atoms with Gasteiger partial charge >= 0.3 is 0 Å². The van der Waals surface area contributed by atoms with E-state index in [1.807, 2.05) is 30.3 Å². The van der Waals surface area contributed by atoms with Gasteiger partial charge in [-0.2, -0.15) is 0 Å². The van der Waals surface area contributed by atoms with Crippen molar-refractivity contribution in [1.29, 1.82) is 0 Å². The van der Waals surface area contributed by atoms with Crippen molar-refractivity contribution >= 4 is 33.4 Å². The van der Waals surface area contributed by atoms with Crippen LogP contribution in [0, 0.1) is 5.82 Å². The van der Waals surface area contributed by atoms with Crippen LogP contribution in [0.5, 0.6) is 0 Å². The van der Waals surface area contributed by atoms with Crippen LogP contribution in [-0.4, -0.2) is 11.2 Å². The minimum absolute atomic E-state index is 0.133. The normalized spacial score (nSPS) is 11.9. The van der Waals surface area contributed by atoms with Gasteiger partial charge in [-0.25, -0.2) is 4.39 Å². The zero-order valence-electron chi connectivity index (χ0n) is 10.4. The number of halogens is 3. The number of rotatable bonds is 4. The van der Waals surface area contributed by atoms with E-state index in [4.69, 9.17) is 11.6 Å². The number of nitrogens with one attached hydrogen (secondary N) is 1. The monoisotopic (exact) mass is 355 g/mol. The van der Waals surface area contributed by atoms with E-state index in [2.05, 4.69) is 21.2 Å². The Hall–Kier alpha value is -1.39. The number of carbonyl (C=O) groups excluding carboxylic acids is 1. The number of amides is 1. The summed E-state index contributed by atoms with van der Waals surface area (Å²) < 4.78 is 13.4. The van der Waals surface area contributed by atoms with Crippen LogP contribution >= 0.6 is 27.5 Å². The van der Waals surface area contributed by atoms with Gasteiger partial charge in [0.2, 0.25) is 0 Å². The summed E-state index contributed by atoms with van der Waals surface area (Å²) in [5.74, 6) is -1.00. The molecule has 0 bridgehead atoms. The molecule has 0 radical (unpaired) electrons. The predicted molar refractivity (Wildman–Crippen MR) is 81.9 cm³/mol. The highest BCUT2D eigenvalue weighted by Crippen LogP contribution is 2.21.